The molecule has 1 atom stereocenters. The highest BCUT2D eigenvalue weighted by molar-refractivity contribution is 7.91. The number of nitrogens with zero attached hydrogens (tertiary/aromatic N) is 2. The number of rotatable bonds is 4. The van der Waals surface area contributed by atoms with Crippen molar-refractivity contribution < 1.29 is 18.3 Å². The van der Waals surface area contributed by atoms with E-state index < -0.39 is 22.0 Å². The lowest BCUT2D eigenvalue weighted by Gasteiger charge is -2.35. The van der Waals surface area contributed by atoms with Gasteiger partial charge < -0.3 is 5.11 Å². The van der Waals surface area contributed by atoms with Crippen LogP contribution in [-0.4, -0.2) is 60.9 Å². The lowest BCUT2D eigenvalue weighted by molar-refractivity contribution is -0.143. The highest BCUT2D eigenvalue weighted by Gasteiger charge is 2.32. The summed E-state index contributed by atoms with van der Waals surface area (Å²) in [5, 5.41) is 8.95. The second-order valence-corrected chi connectivity index (χ2v) is 8.39. The lowest BCUT2D eigenvalue weighted by Crippen LogP contribution is -2.52. The quantitative estimate of drug-likeness (QED) is 0.892. The Morgan fingerprint density at radius 3 is 2.40 bits per heavy atom. The molecule has 1 aliphatic rings. The minimum Gasteiger partial charge on any atom is -0.480 e. The molecule has 2 heterocycles. The number of aliphatic carboxylic acids is 1. The van der Waals surface area contributed by atoms with Gasteiger partial charge in [0.25, 0.3) is 10.0 Å². The van der Waals surface area contributed by atoms with Crippen LogP contribution in [0.2, 0.25) is 4.34 Å². The topological polar surface area (TPSA) is 77.9 Å². The molecule has 0 aliphatic carbocycles. The summed E-state index contributed by atoms with van der Waals surface area (Å²) in [5.74, 6) is -0.897. The van der Waals surface area contributed by atoms with Crippen molar-refractivity contribution in [2.75, 3.05) is 26.2 Å². The van der Waals surface area contributed by atoms with Gasteiger partial charge in [-0.2, -0.15) is 4.31 Å². The zero-order valence-corrected chi connectivity index (χ0v) is 13.2. The van der Waals surface area contributed by atoms with Gasteiger partial charge in [-0.1, -0.05) is 11.6 Å². The highest BCUT2D eigenvalue weighted by Crippen LogP contribution is 2.28. The van der Waals surface area contributed by atoms with Crippen molar-refractivity contribution in [3.05, 3.63) is 16.5 Å². The second kappa shape index (κ2) is 5.98. The normalized spacial score (nSPS) is 19.9. The number of carbonyl (C=O) groups is 1. The van der Waals surface area contributed by atoms with E-state index in [1.807, 2.05) is 0 Å². The molecule has 0 bridgehead atoms. The Balaban J connectivity index is 2.05. The number of piperazine rings is 1. The molecule has 1 aliphatic heterocycles. The molecule has 2 rings (SSSR count). The average molecular weight is 339 g/mol. The summed E-state index contributed by atoms with van der Waals surface area (Å²) >= 11 is 6.80. The fourth-order valence-electron chi connectivity index (χ4n) is 2.05. The summed E-state index contributed by atoms with van der Waals surface area (Å²) in [6.45, 7) is 2.99. The fourth-order valence-corrected chi connectivity index (χ4v) is 5.11. The molecule has 1 aromatic rings. The minimum atomic E-state index is -3.52. The van der Waals surface area contributed by atoms with Gasteiger partial charge in [0.05, 0.1) is 4.34 Å². The van der Waals surface area contributed by atoms with Crippen molar-refractivity contribution in [1.82, 2.24) is 9.21 Å². The van der Waals surface area contributed by atoms with Gasteiger partial charge in [0.2, 0.25) is 0 Å². The lowest BCUT2D eigenvalue weighted by atomic mass is 10.2. The molecule has 112 valence electrons. The maximum absolute atomic E-state index is 12.4. The third-order valence-corrected chi connectivity index (χ3v) is 6.92. The Kier molecular flexibility index (Phi) is 4.70. The third-order valence-electron chi connectivity index (χ3n) is 3.32. The SMILES string of the molecule is CC(C(=O)O)N1CCN(S(=O)(=O)c2ccc(Cl)s2)CC1. The largest absolute Gasteiger partial charge is 0.480 e. The first-order valence-corrected chi connectivity index (χ1v) is 8.68. The smallest absolute Gasteiger partial charge is 0.320 e. The monoisotopic (exact) mass is 338 g/mol. The molecule has 1 saturated heterocycles. The van der Waals surface area contributed by atoms with Crippen molar-refractivity contribution in [3.8, 4) is 0 Å². The van der Waals surface area contributed by atoms with E-state index >= 15 is 0 Å². The molecule has 20 heavy (non-hydrogen) atoms. The molecule has 0 radical (unpaired) electrons. The molecule has 0 amide bonds. The predicted molar refractivity (Wildman–Crippen MR) is 76.8 cm³/mol. The van der Waals surface area contributed by atoms with Crippen LogP contribution >= 0.6 is 22.9 Å². The standard InChI is InChI=1S/C11H15ClN2O4S2/c1-8(11(15)16)13-4-6-14(7-5-13)20(17,18)10-3-2-9(12)19-10/h2-3,8H,4-7H2,1H3,(H,15,16). The molecule has 6 nitrogen and oxygen atoms in total. The Hall–Kier alpha value is -0.670. The number of hydrogen-bond donors (Lipinski definition) is 1. The maximum atomic E-state index is 12.4. The zero-order valence-electron chi connectivity index (χ0n) is 10.8. The summed E-state index contributed by atoms with van der Waals surface area (Å²) in [7, 11) is -3.52. The number of carboxylic acid groups (broad SMARTS) is 1. The van der Waals surface area contributed by atoms with Crippen LogP contribution in [0.1, 0.15) is 6.92 Å². The van der Waals surface area contributed by atoms with Crippen molar-refractivity contribution >= 4 is 38.9 Å². The molecule has 1 aromatic heterocycles. The first-order valence-electron chi connectivity index (χ1n) is 6.04. The molecule has 0 aromatic carbocycles. The van der Waals surface area contributed by atoms with Crippen LogP contribution < -0.4 is 0 Å². The van der Waals surface area contributed by atoms with E-state index in [-0.39, 0.29) is 17.3 Å². The predicted octanol–water partition coefficient (Wildman–Crippen LogP) is 1.18. The van der Waals surface area contributed by atoms with Gasteiger partial charge in [-0.25, -0.2) is 8.42 Å². The number of thiophene rings is 1. The number of sulfonamides is 1. The molecular weight excluding hydrogens is 324 g/mol. The van der Waals surface area contributed by atoms with E-state index in [0.29, 0.717) is 17.4 Å². The van der Waals surface area contributed by atoms with Crippen molar-refractivity contribution in [2.24, 2.45) is 0 Å². The molecular formula is C11H15ClN2O4S2. The van der Waals surface area contributed by atoms with E-state index in [4.69, 9.17) is 16.7 Å². The van der Waals surface area contributed by atoms with E-state index in [0.717, 1.165) is 11.3 Å². The Bertz CT molecular complexity index is 593. The summed E-state index contributed by atoms with van der Waals surface area (Å²) in [6.07, 6.45) is 0. The number of hydrogen-bond acceptors (Lipinski definition) is 5. The summed E-state index contributed by atoms with van der Waals surface area (Å²) < 4.78 is 26.7. The number of carboxylic acids is 1. The van der Waals surface area contributed by atoms with Crippen LogP contribution in [-0.2, 0) is 14.8 Å². The van der Waals surface area contributed by atoms with Gasteiger partial charge in [0.15, 0.2) is 0 Å². The van der Waals surface area contributed by atoms with Gasteiger partial charge in [-0.15, -0.1) is 11.3 Å². The van der Waals surface area contributed by atoms with E-state index in [1.54, 1.807) is 17.9 Å². The Morgan fingerprint density at radius 1 is 1.35 bits per heavy atom. The van der Waals surface area contributed by atoms with Crippen LogP contribution in [0.15, 0.2) is 16.3 Å². The van der Waals surface area contributed by atoms with Crippen molar-refractivity contribution in [1.29, 1.82) is 0 Å². The van der Waals surface area contributed by atoms with E-state index in [2.05, 4.69) is 0 Å². The average Bonchev–Trinajstić information content (AvgIpc) is 2.85. The van der Waals surface area contributed by atoms with Crippen LogP contribution in [0.5, 0.6) is 0 Å². The fraction of sp³-hybridized carbons (Fsp3) is 0.545. The van der Waals surface area contributed by atoms with Crippen LogP contribution in [0.25, 0.3) is 0 Å². The molecule has 1 fully saturated rings. The molecule has 1 unspecified atom stereocenters. The molecule has 0 spiro atoms. The van der Waals surface area contributed by atoms with Gasteiger partial charge in [-0.05, 0) is 19.1 Å². The highest BCUT2D eigenvalue weighted by atomic mass is 35.5. The molecule has 0 saturated carbocycles. The summed E-state index contributed by atoms with van der Waals surface area (Å²) in [4.78, 5) is 12.7. The zero-order chi connectivity index (χ0) is 14.9. The molecule has 1 N–H and O–H groups in total. The number of halogens is 1. The van der Waals surface area contributed by atoms with Gasteiger partial charge in [-0.3, -0.25) is 9.69 Å². The first kappa shape index (κ1) is 15.7. The van der Waals surface area contributed by atoms with Gasteiger partial charge >= 0.3 is 5.97 Å². The van der Waals surface area contributed by atoms with Crippen molar-refractivity contribution in [3.63, 3.8) is 0 Å². The minimum absolute atomic E-state index is 0.224. The third kappa shape index (κ3) is 3.15. The van der Waals surface area contributed by atoms with E-state index in [1.165, 1.54) is 10.4 Å². The summed E-state index contributed by atoms with van der Waals surface area (Å²) in [6, 6.07) is 2.45. The van der Waals surface area contributed by atoms with Crippen LogP contribution in [0.4, 0.5) is 0 Å². The first-order chi connectivity index (χ1) is 9.32. The van der Waals surface area contributed by atoms with Crippen molar-refractivity contribution in [2.45, 2.75) is 17.2 Å². The maximum Gasteiger partial charge on any atom is 0.320 e. The Labute approximate surface area is 126 Å². The van der Waals surface area contributed by atoms with E-state index in [9.17, 15) is 13.2 Å². The van der Waals surface area contributed by atoms with Gasteiger partial charge in [0, 0.05) is 26.2 Å². The summed E-state index contributed by atoms with van der Waals surface area (Å²) in [5.41, 5.74) is 0. The van der Waals surface area contributed by atoms with Gasteiger partial charge in [0.1, 0.15) is 10.3 Å². The molecule has 9 heteroatoms. The van der Waals surface area contributed by atoms with Crippen LogP contribution in [0, 0.1) is 0 Å². The Morgan fingerprint density at radius 2 is 1.95 bits per heavy atom. The second-order valence-electron chi connectivity index (χ2n) is 4.51. The van der Waals surface area contributed by atoms with Crippen LogP contribution in [0.3, 0.4) is 0 Å².